The molecule has 1 aliphatic heterocycles. The number of carbonyl (C=O) groups is 4. The number of anilines is 1. The third kappa shape index (κ3) is 5.60. The van der Waals surface area contributed by atoms with Crippen LogP contribution in [0.15, 0.2) is 84.9 Å². The van der Waals surface area contributed by atoms with Gasteiger partial charge in [-0.2, -0.15) is 0 Å². The number of nitrogens with one attached hydrogen (secondary N) is 3. The molecule has 1 heterocycles. The summed E-state index contributed by atoms with van der Waals surface area (Å²) >= 11 is 0. The lowest BCUT2D eigenvalue weighted by Crippen LogP contribution is -2.51. The fraction of sp³-hybridized carbons (Fsp3) is 0.214. The van der Waals surface area contributed by atoms with Crippen LogP contribution in [0, 0.1) is 0 Å². The van der Waals surface area contributed by atoms with Crippen molar-refractivity contribution < 1.29 is 19.2 Å². The van der Waals surface area contributed by atoms with E-state index < -0.39 is 29.9 Å². The second-order valence-corrected chi connectivity index (χ2v) is 8.72. The Labute approximate surface area is 209 Å². The number of rotatable bonds is 9. The molecule has 3 aromatic rings. The van der Waals surface area contributed by atoms with Gasteiger partial charge in [0.05, 0.1) is 0 Å². The summed E-state index contributed by atoms with van der Waals surface area (Å²) in [6, 6.07) is 24.8. The standard InChI is InChI=1S/C28H28N4O4/c1-2-29-25(34)22-14-9-15-23(16-22)30-24(33)19-32-26(35)28(31-27(32)36,17-20-10-5-3-6-11-20)18-21-12-7-4-8-13-21/h3-16H,2,17-19H2,1H3,(H,29,34)(H,30,33)(H,31,36). The first kappa shape index (κ1) is 24.7. The minimum absolute atomic E-state index is 0.255. The Kier molecular flexibility index (Phi) is 7.44. The lowest BCUT2D eigenvalue weighted by atomic mass is 9.84. The Hall–Kier alpha value is -4.46. The van der Waals surface area contributed by atoms with Crippen LogP contribution in [0.3, 0.4) is 0 Å². The fourth-order valence-electron chi connectivity index (χ4n) is 4.36. The molecule has 1 aliphatic rings. The van der Waals surface area contributed by atoms with Crippen molar-refractivity contribution in [2.45, 2.75) is 25.3 Å². The molecule has 1 saturated heterocycles. The lowest BCUT2D eigenvalue weighted by Gasteiger charge is -2.27. The molecule has 3 aromatic carbocycles. The summed E-state index contributed by atoms with van der Waals surface area (Å²) in [5, 5.41) is 8.26. The van der Waals surface area contributed by atoms with Crippen LogP contribution in [-0.2, 0) is 22.4 Å². The van der Waals surface area contributed by atoms with Crippen LogP contribution in [0.2, 0.25) is 0 Å². The molecule has 0 bridgehead atoms. The summed E-state index contributed by atoms with van der Waals surface area (Å²) < 4.78 is 0. The third-order valence-corrected chi connectivity index (χ3v) is 5.99. The van der Waals surface area contributed by atoms with Crippen LogP contribution in [0.5, 0.6) is 0 Å². The molecule has 184 valence electrons. The molecule has 0 aliphatic carbocycles. The summed E-state index contributed by atoms with van der Waals surface area (Å²) in [7, 11) is 0. The van der Waals surface area contributed by atoms with E-state index in [9.17, 15) is 19.2 Å². The molecule has 1 fully saturated rings. The molecule has 4 rings (SSSR count). The van der Waals surface area contributed by atoms with Gasteiger partial charge in [-0.05, 0) is 36.2 Å². The Morgan fingerprint density at radius 3 is 2.06 bits per heavy atom. The molecule has 0 spiro atoms. The van der Waals surface area contributed by atoms with Gasteiger partial charge >= 0.3 is 6.03 Å². The van der Waals surface area contributed by atoms with Gasteiger partial charge in [-0.3, -0.25) is 19.3 Å². The molecule has 5 amide bonds. The normalized spacial score (nSPS) is 14.3. The summed E-state index contributed by atoms with van der Waals surface area (Å²) in [4.78, 5) is 52.5. The zero-order valence-corrected chi connectivity index (χ0v) is 20.0. The molecular weight excluding hydrogens is 456 g/mol. The maximum Gasteiger partial charge on any atom is 0.325 e. The number of hydrogen-bond acceptors (Lipinski definition) is 4. The summed E-state index contributed by atoms with van der Waals surface area (Å²) in [6.45, 7) is 1.86. The number of benzene rings is 3. The molecule has 0 unspecified atom stereocenters. The highest BCUT2D eigenvalue weighted by Gasteiger charge is 2.51. The molecule has 0 saturated carbocycles. The van der Waals surface area contributed by atoms with E-state index in [-0.39, 0.29) is 5.91 Å². The van der Waals surface area contributed by atoms with Gasteiger partial charge in [0.15, 0.2) is 0 Å². The van der Waals surface area contributed by atoms with Crippen LogP contribution in [0.25, 0.3) is 0 Å². The van der Waals surface area contributed by atoms with E-state index in [0.29, 0.717) is 30.6 Å². The zero-order chi connectivity index (χ0) is 25.5. The maximum atomic E-state index is 13.7. The molecule has 3 N–H and O–H groups in total. The largest absolute Gasteiger partial charge is 0.352 e. The average Bonchev–Trinajstić information content (AvgIpc) is 3.09. The first-order chi connectivity index (χ1) is 17.4. The average molecular weight is 485 g/mol. The van der Waals surface area contributed by atoms with E-state index in [4.69, 9.17) is 0 Å². The van der Waals surface area contributed by atoms with Crippen LogP contribution >= 0.6 is 0 Å². The van der Waals surface area contributed by atoms with Gasteiger partial charge in [-0.15, -0.1) is 0 Å². The number of carbonyl (C=O) groups excluding carboxylic acids is 4. The van der Waals surface area contributed by atoms with Crippen LogP contribution in [0.4, 0.5) is 10.5 Å². The van der Waals surface area contributed by atoms with Crippen LogP contribution in [-0.4, -0.2) is 47.3 Å². The van der Waals surface area contributed by atoms with E-state index in [2.05, 4.69) is 16.0 Å². The molecule has 0 radical (unpaired) electrons. The van der Waals surface area contributed by atoms with Gasteiger partial charge < -0.3 is 16.0 Å². The number of hydrogen-bond donors (Lipinski definition) is 3. The number of nitrogens with zero attached hydrogens (tertiary/aromatic N) is 1. The van der Waals surface area contributed by atoms with Crippen molar-refractivity contribution in [3.05, 3.63) is 102 Å². The Morgan fingerprint density at radius 1 is 0.861 bits per heavy atom. The zero-order valence-electron chi connectivity index (χ0n) is 20.0. The smallest absolute Gasteiger partial charge is 0.325 e. The highest BCUT2D eigenvalue weighted by molar-refractivity contribution is 6.10. The second kappa shape index (κ2) is 10.9. The monoisotopic (exact) mass is 484 g/mol. The van der Waals surface area contributed by atoms with Gasteiger partial charge in [0.25, 0.3) is 11.8 Å². The predicted molar refractivity (Wildman–Crippen MR) is 136 cm³/mol. The SMILES string of the molecule is CCNC(=O)c1cccc(NC(=O)CN2C(=O)NC(Cc3ccccc3)(Cc3ccccc3)C2=O)c1. The Balaban J connectivity index is 1.52. The van der Waals surface area contributed by atoms with Gasteiger partial charge in [0.2, 0.25) is 5.91 Å². The maximum absolute atomic E-state index is 13.7. The van der Waals surface area contributed by atoms with Crippen LogP contribution < -0.4 is 16.0 Å². The number of amides is 5. The summed E-state index contributed by atoms with van der Waals surface area (Å²) in [6.07, 6.45) is 0.583. The molecule has 8 nitrogen and oxygen atoms in total. The molecule has 0 aromatic heterocycles. The Morgan fingerprint density at radius 2 is 1.47 bits per heavy atom. The van der Waals surface area contributed by atoms with E-state index in [0.717, 1.165) is 16.0 Å². The quantitative estimate of drug-likeness (QED) is 0.406. The van der Waals surface area contributed by atoms with Crippen molar-refractivity contribution in [1.82, 2.24) is 15.5 Å². The summed E-state index contributed by atoms with van der Waals surface area (Å²) in [5.74, 6) is -1.25. The van der Waals surface area contributed by atoms with Gasteiger partial charge in [-0.1, -0.05) is 66.7 Å². The third-order valence-electron chi connectivity index (χ3n) is 5.99. The molecule has 36 heavy (non-hydrogen) atoms. The van der Waals surface area contributed by atoms with Crippen molar-refractivity contribution in [2.24, 2.45) is 0 Å². The second-order valence-electron chi connectivity index (χ2n) is 8.72. The van der Waals surface area contributed by atoms with Crippen molar-refractivity contribution in [3.8, 4) is 0 Å². The van der Waals surface area contributed by atoms with E-state index in [1.165, 1.54) is 0 Å². The fourth-order valence-corrected chi connectivity index (χ4v) is 4.36. The lowest BCUT2D eigenvalue weighted by molar-refractivity contribution is -0.133. The molecule has 0 atom stereocenters. The molecule has 8 heteroatoms. The topological polar surface area (TPSA) is 108 Å². The highest BCUT2D eigenvalue weighted by Crippen LogP contribution is 2.27. The minimum Gasteiger partial charge on any atom is -0.352 e. The van der Waals surface area contributed by atoms with E-state index in [1.54, 1.807) is 24.3 Å². The minimum atomic E-state index is -1.21. The van der Waals surface area contributed by atoms with Gasteiger partial charge in [-0.25, -0.2) is 4.79 Å². The first-order valence-electron chi connectivity index (χ1n) is 11.8. The van der Waals surface area contributed by atoms with Crippen molar-refractivity contribution in [3.63, 3.8) is 0 Å². The van der Waals surface area contributed by atoms with Gasteiger partial charge in [0.1, 0.15) is 12.1 Å². The van der Waals surface area contributed by atoms with Crippen molar-refractivity contribution in [2.75, 3.05) is 18.4 Å². The van der Waals surface area contributed by atoms with Crippen molar-refractivity contribution >= 4 is 29.4 Å². The first-order valence-corrected chi connectivity index (χ1v) is 11.8. The van der Waals surface area contributed by atoms with Gasteiger partial charge in [0, 0.05) is 30.6 Å². The predicted octanol–water partition coefficient (Wildman–Crippen LogP) is 3.15. The number of urea groups is 1. The number of imide groups is 1. The summed E-state index contributed by atoms with van der Waals surface area (Å²) in [5.41, 5.74) is 1.38. The Bertz CT molecular complexity index is 1220. The van der Waals surface area contributed by atoms with Crippen molar-refractivity contribution in [1.29, 1.82) is 0 Å². The molecular formula is C28H28N4O4. The van der Waals surface area contributed by atoms with Crippen LogP contribution in [0.1, 0.15) is 28.4 Å². The van der Waals surface area contributed by atoms with E-state index >= 15 is 0 Å². The highest BCUT2D eigenvalue weighted by atomic mass is 16.2. The van der Waals surface area contributed by atoms with E-state index in [1.807, 2.05) is 67.6 Å².